The van der Waals surface area contributed by atoms with Crippen LogP contribution in [0.5, 0.6) is 5.75 Å². The van der Waals surface area contributed by atoms with E-state index in [4.69, 9.17) is 11.5 Å². The number of nitrogens with two attached hydrogens (primary N) is 2. The van der Waals surface area contributed by atoms with E-state index in [0.717, 1.165) is 6.07 Å². The Kier molecular flexibility index (Phi) is 7.13. The van der Waals surface area contributed by atoms with Gasteiger partial charge in [0, 0.05) is 5.56 Å². The van der Waals surface area contributed by atoms with Crippen molar-refractivity contribution in [2.45, 2.75) is 50.3 Å². The van der Waals surface area contributed by atoms with Gasteiger partial charge in [-0.1, -0.05) is 38.8 Å². The van der Waals surface area contributed by atoms with Crippen LogP contribution >= 0.6 is 0 Å². The highest BCUT2D eigenvalue weighted by Crippen LogP contribution is 2.22. The molecule has 0 aliphatic heterocycles. The molecule has 8 heteroatoms. The fraction of sp³-hybridized carbons (Fsp3) is 0.529. The Morgan fingerprint density at radius 2 is 1.76 bits per heavy atom. The number of benzene rings is 1. The van der Waals surface area contributed by atoms with Gasteiger partial charge in [0.2, 0.25) is 5.91 Å². The van der Waals surface area contributed by atoms with Crippen LogP contribution in [0.2, 0.25) is 0 Å². The number of primary amides is 1. The summed E-state index contributed by atoms with van der Waals surface area (Å²) in [6.07, 6.45) is 2.15. The van der Waals surface area contributed by atoms with Gasteiger partial charge in [0.25, 0.3) is 0 Å². The molecule has 1 unspecified atom stereocenters. The lowest BCUT2D eigenvalue weighted by Crippen LogP contribution is -2.63. The van der Waals surface area contributed by atoms with Crippen molar-refractivity contribution in [3.05, 3.63) is 29.8 Å². The van der Waals surface area contributed by atoms with Crippen LogP contribution in [0.4, 0.5) is 0 Å². The van der Waals surface area contributed by atoms with Crippen LogP contribution in [-0.4, -0.2) is 41.8 Å². The minimum absolute atomic E-state index is 0.0703. The van der Waals surface area contributed by atoms with Gasteiger partial charge in [0.15, 0.2) is 21.2 Å². The zero-order valence-electron chi connectivity index (χ0n) is 14.6. The van der Waals surface area contributed by atoms with E-state index >= 15 is 0 Å². The van der Waals surface area contributed by atoms with Crippen LogP contribution in [0, 0.1) is 0 Å². The lowest BCUT2D eigenvalue weighted by molar-refractivity contribution is -0.120. The van der Waals surface area contributed by atoms with Crippen molar-refractivity contribution in [3.8, 4) is 5.75 Å². The van der Waals surface area contributed by atoms with Gasteiger partial charge in [-0.15, -0.1) is 0 Å². The number of amides is 1. The van der Waals surface area contributed by atoms with Crippen LogP contribution in [0.25, 0.3) is 0 Å². The summed E-state index contributed by atoms with van der Waals surface area (Å²) in [5.41, 5.74) is 8.74. The first-order valence-corrected chi connectivity index (χ1v) is 9.94. The molecular formula is C17H26N2O5S. The van der Waals surface area contributed by atoms with E-state index in [2.05, 4.69) is 0 Å². The third-order valence-electron chi connectivity index (χ3n) is 4.11. The molecule has 0 saturated carbocycles. The average molecular weight is 370 g/mol. The van der Waals surface area contributed by atoms with Crippen LogP contribution in [0.1, 0.15) is 49.9 Å². The summed E-state index contributed by atoms with van der Waals surface area (Å²) >= 11 is 0. The molecule has 0 aromatic heterocycles. The molecule has 0 heterocycles. The van der Waals surface area contributed by atoms with E-state index in [1.165, 1.54) is 18.2 Å². The first-order valence-electron chi connectivity index (χ1n) is 8.22. The topological polar surface area (TPSA) is 141 Å². The summed E-state index contributed by atoms with van der Waals surface area (Å²) < 4.78 is 25.5. The highest BCUT2D eigenvalue weighted by Gasteiger charge is 2.46. The predicted octanol–water partition coefficient (Wildman–Crippen LogP) is 1.14. The predicted molar refractivity (Wildman–Crippen MR) is 95.9 cm³/mol. The van der Waals surface area contributed by atoms with E-state index in [9.17, 15) is 23.1 Å². The van der Waals surface area contributed by atoms with Crippen molar-refractivity contribution >= 4 is 21.5 Å². The van der Waals surface area contributed by atoms with Crippen LogP contribution in [0.3, 0.4) is 0 Å². The maximum Gasteiger partial charge on any atom is 0.246 e. The lowest BCUT2D eigenvalue weighted by Gasteiger charge is -2.27. The molecular weight excluding hydrogens is 344 g/mol. The number of sulfone groups is 1. The summed E-state index contributed by atoms with van der Waals surface area (Å²) in [4.78, 5) is 24.6. The SMILES string of the molecule is CCCC(CCC)S(=O)(=O)CC(N)(C(N)=O)C(=O)c1cccc(O)c1. The molecule has 0 fully saturated rings. The van der Waals surface area contributed by atoms with Gasteiger partial charge >= 0.3 is 0 Å². The molecule has 1 aromatic carbocycles. The molecule has 0 radical (unpaired) electrons. The normalized spacial score (nSPS) is 14.2. The second kappa shape index (κ2) is 8.44. The summed E-state index contributed by atoms with van der Waals surface area (Å²) in [5, 5.41) is 8.82. The van der Waals surface area contributed by atoms with E-state index in [-0.39, 0.29) is 11.3 Å². The molecule has 0 spiro atoms. The van der Waals surface area contributed by atoms with Crippen molar-refractivity contribution in [2.75, 3.05) is 5.75 Å². The van der Waals surface area contributed by atoms with Gasteiger partial charge in [0.05, 0.1) is 11.0 Å². The molecule has 1 amide bonds. The number of rotatable bonds is 10. The molecule has 0 saturated heterocycles. The highest BCUT2D eigenvalue weighted by molar-refractivity contribution is 7.92. The molecule has 7 nitrogen and oxygen atoms in total. The average Bonchev–Trinajstić information content (AvgIpc) is 2.53. The second-order valence-corrected chi connectivity index (χ2v) is 8.50. The summed E-state index contributed by atoms with van der Waals surface area (Å²) in [6, 6.07) is 5.20. The lowest BCUT2D eigenvalue weighted by atomic mass is 9.91. The van der Waals surface area contributed by atoms with Gasteiger partial charge < -0.3 is 16.6 Å². The Labute approximate surface area is 148 Å². The third-order valence-corrected chi connectivity index (χ3v) is 6.46. The fourth-order valence-corrected chi connectivity index (χ4v) is 5.07. The van der Waals surface area contributed by atoms with Crippen LogP contribution < -0.4 is 11.5 Å². The van der Waals surface area contributed by atoms with E-state index < -0.39 is 38.1 Å². The molecule has 1 aromatic rings. The number of phenolic OH excluding ortho intramolecular Hbond substituents is 1. The minimum atomic E-state index is -3.82. The number of Topliss-reactive ketones (excluding diaryl/α,β-unsaturated/α-hetero) is 1. The molecule has 25 heavy (non-hydrogen) atoms. The smallest absolute Gasteiger partial charge is 0.246 e. The zero-order chi connectivity index (χ0) is 19.3. The molecule has 1 rings (SSSR count). The third kappa shape index (κ3) is 5.02. The fourth-order valence-electron chi connectivity index (χ4n) is 2.74. The van der Waals surface area contributed by atoms with Gasteiger partial charge in [-0.05, 0) is 25.0 Å². The maximum absolute atomic E-state index is 12.7. The summed E-state index contributed by atoms with van der Waals surface area (Å²) in [6.45, 7) is 3.72. The van der Waals surface area contributed by atoms with E-state index in [1.807, 2.05) is 13.8 Å². The van der Waals surface area contributed by atoms with E-state index in [1.54, 1.807) is 0 Å². The van der Waals surface area contributed by atoms with Crippen molar-refractivity contribution < 1.29 is 23.1 Å². The molecule has 0 bridgehead atoms. The van der Waals surface area contributed by atoms with Crippen molar-refractivity contribution in [3.63, 3.8) is 0 Å². The standard InChI is InChI=1S/C17H26N2O5S/c1-3-6-14(7-4-2)25(23,24)11-17(19,16(18)22)15(21)12-8-5-9-13(20)10-12/h5,8-10,14,20H,3-4,6-7,11,19H2,1-2H3,(H2,18,22). The van der Waals surface area contributed by atoms with Crippen LogP contribution in [-0.2, 0) is 14.6 Å². The number of ketones is 1. The van der Waals surface area contributed by atoms with Crippen molar-refractivity contribution in [2.24, 2.45) is 11.5 Å². The Bertz CT molecular complexity index is 726. The number of hydrogen-bond donors (Lipinski definition) is 3. The first kappa shape index (κ1) is 21.1. The van der Waals surface area contributed by atoms with Gasteiger partial charge in [0.1, 0.15) is 5.75 Å². The zero-order valence-corrected chi connectivity index (χ0v) is 15.4. The molecule has 5 N–H and O–H groups in total. The molecule has 140 valence electrons. The number of carbonyl (C=O) groups excluding carboxylic acids is 2. The summed E-state index contributed by atoms with van der Waals surface area (Å²) in [7, 11) is -3.82. The van der Waals surface area contributed by atoms with E-state index in [0.29, 0.717) is 25.7 Å². The van der Waals surface area contributed by atoms with Crippen molar-refractivity contribution in [1.82, 2.24) is 0 Å². The Balaban J connectivity index is 3.25. The quantitative estimate of drug-likeness (QED) is 0.417. The van der Waals surface area contributed by atoms with Gasteiger partial charge in [-0.3, -0.25) is 9.59 Å². The van der Waals surface area contributed by atoms with Gasteiger partial charge in [-0.2, -0.15) is 0 Å². The molecule has 1 atom stereocenters. The Morgan fingerprint density at radius 1 is 1.20 bits per heavy atom. The number of aromatic hydroxyl groups is 1. The highest BCUT2D eigenvalue weighted by atomic mass is 32.2. The Hall–Kier alpha value is -1.93. The minimum Gasteiger partial charge on any atom is -0.508 e. The largest absolute Gasteiger partial charge is 0.508 e. The monoisotopic (exact) mass is 370 g/mol. The molecule has 0 aliphatic carbocycles. The first-order chi connectivity index (χ1) is 11.6. The van der Waals surface area contributed by atoms with Crippen molar-refractivity contribution in [1.29, 1.82) is 0 Å². The number of phenols is 1. The van der Waals surface area contributed by atoms with Gasteiger partial charge in [-0.25, -0.2) is 8.42 Å². The number of carbonyl (C=O) groups is 2. The Morgan fingerprint density at radius 3 is 2.20 bits per heavy atom. The number of hydrogen-bond acceptors (Lipinski definition) is 6. The van der Waals surface area contributed by atoms with Crippen LogP contribution in [0.15, 0.2) is 24.3 Å². The maximum atomic E-state index is 12.7. The molecule has 0 aliphatic rings. The second-order valence-electron chi connectivity index (χ2n) is 6.22. The summed E-state index contributed by atoms with van der Waals surface area (Å²) in [5.74, 6) is -3.19.